The lowest BCUT2D eigenvalue weighted by Crippen LogP contribution is -2.10. The second-order valence-electron chi connectivity index (χ2n) is 2.80. The van der Waals surface area contributed by atoms with Crippen LogP contribution in [0.25, 0.3) is 0 Å². The van der Waals surface area contributed by atoms with Crippen LogP contribution in [0.5, 0.6) is 0 Å². The molecule has 6 heteroatoms. The number of esters is 1. The lowest BCUT2D eigenvalue weighted by molar-refractivity contribution is 0.0575. The van der Waals surface area contributed by atoms with Gasteiger partial charge in [0.1, 0.15) is 6.10 Å². The van der Waals surface area contributed by atoms with E-state index in [0.717, 1.165) is 0 Å². The predicted octanol–water partition coefficient (Wildman–Crippen LogP) is -0.768. The quantitative estimate of drug-likeness (QED) is 0.626. The van der Waals surface area contributed by atoms with Crippen LogP contribution in [0, 0.1) is 0 Å². The van der Waals surface area contributed by atoms with Crippen molar-refractivity contribution in [2.75, 3.05) is 13.7 Å². The van der Waals surface area contributed by atoms with E-state index < -0.39 is 18.7 Å². The SMILES string of the molecule is COC(=O)c1nn(C)cc1C(O)CO. The predicted molar refractivity (Wildman–Crippen MR) is 46.6 cm³/mol. The number of hydrogen-bond acceptors (Lipinski definition) is 5. The first-order valence-electron chi connectivity index (χ1n) is 4.01. The minimum absolute atomic E-state index is 0.0246. The van der Waals surface area contributed by atoms with Gasteiger partial charge < -0.3 is 14.9 Å². The average molecular weight is 200 g/mol. The summed E-state index contributed by atoms with van der Waals surface area (Å²) in [5.41, 5.74) is 0.290. The lowest BCUT2D eigenvalue weighted by Gasteiger charge is -2.05. The smallest absolute Gasteiger partial charge is 0.358 e. The number of aromatic nitrogens is 2. The molecule has 1 heterocycles. The van der Waals surface area contributed by atoms with Gasteiger partial charge in [-0.05, 0) is 0 Å². The molecule has 0 radical (unpaired) electrons. The van der Waals surface area contributed by atoms with Gasteiger partial charge in [-0.3, -0.25) is 4.68 Å². The number of methoxy groups -OCH3 is 1. The van der Waals surface area contributed by atoms with Gasteiger partial charge in [0.2, 0.25) is 0 Å². The molecule has 0 saturated carbocycles. The summed E-state index contributed by atoms with van der Waals surface area (Å²) >= 11 is 0. The maximum atomic E-state index is 11.2. The van der Waals surface area contributed by atoms with Crippen molar-refractivity contribution in [2.24, 2.45) is 7.05 Å². The van der Waals surface area contributed by atoms with Crippen LogP contribution in [0.3, 0.4) is 0 Å². The van der Waals surface area contributed by atoms with E-state index in [2.05, 4.69) is 9.84 Å². The largest absolute Gasteiger partial charge is 0.464 e. The molecule has 1 aromatic heterocycles. The number of carbonyl (C=O) groups excluding carboxylic acids is 1. The number of rotatable bonds is 3. The van der Waals surface area contributed by atoms with E-state index >= 15 is 0 Å². The minimum Gasteiger partial charge on any atom is -0.464 e. The molecule has 0 amide bonds. The Hall–Kier alpha value is -1.40. The van der Waals surface area contributed by atoms with Gasteiger partial charge >= 0.3 is 5.97 Å². The fourth-order valence-corrected chi connectivity index (χ4v) is 1.10. The summed E-state index contributed by atoms with van der Waals surface area (Å²) in [6.45, 7) is -0.463. The molecular weight excluding hydrogens is 188 g/mol. The van der Waals surface area contributed by atoms with E-state index in [1.54, 1.807) is 7.05 Å². The van der Waals surface area contributed by atoms with Crippen LogP contribution < -0.4 is 0 Å². The molecule has 1 rings (SSSR count). The molecule has 2 N–H and O–H groups in total. The number of hydrogen-bond donors (Lipinski definition) is 2. The number of carbonyl (C=O) groups is 1. The van der Waals surface area contributed by atoms with Crippen molar-refractivity contribution in [1.82, 2.24) is 9.78 Å². The summed E-state index contributed by atoms with van der Waals surface area (Å²) in [6, 6.07) is 0. The van der Waals surface area contributed by atoms with Crippen molar-refractivity contribution in [3.8, 4) is 0 Å². The Morgan fingerprint density at radius 2 is 2.43 bits per heavy atom. The summed E-state index contributed by atoms with van der Waals surface area (Å²) in [7, 11) is 2.84. The number of ether oxygens (including phenoxy) is 1. The Labute approximate surface area is 80.7 Å². The van der Waals surface area contributed by atoms with E-state index in [-0.39, 0.29) is 11.3 Å². The highest BCUT2D eigenvalue weighted by molar-refractivity contribution is 5.88. The maximum absolute atomic E-state index is 11.2. The third kappa shape index (κ3) is 1.91. The van der Waals surface area contributed by atoms with Gasteiger partial charge in [-0.15, -0.1) is 0 Å². The van der Waals surface area contributed by atoms with Gasteiger partial charge in [0.25, 0.3) is 0 Å². The summed E-state index contributed by atoms with van der Waals surface area (Å²) in [4.78, 5) is 11.2. The average Bonchev–Trinajstić information content (AvgIpc) is 2.58. The standard InChI is InChI=1S/C8H12N2O4/c1-10-3-5(6(12)4-11)7(9-10)8(13)14-2/h3,6,11-12H,4H2,1-2H3. The first kappa shape index (κ1) is 10.7. The minimum atomic E-state index is -1.11. The van der Waals surface area contributed by atoms with Crippen molar-refractivity contribution in [2.45, 2.75) is 6.10 Å². The van der Waals surface area contributed by atoms with Gasteiger partial charge in [-0.25, -0.2) is 4.79 Å². The van der Waals surface area contributed by atoms with Crippen LogP contribution in [0.1, 0.15) is 22.2 Å². The molecule has 0 bridgehead atoms. The summed E-state index contributed by atoms with van der Waals surface area (Å²) < 4.78 is 5.85. The summed E-state index contributed by atoms with van der Waals surface area (Å²) in [6.07, 6.45) is 0.352. The third-order valence-corrected chi connectivity index (χ3v) is 1.77. The molecule has 0 aliphatic rings. The highest BCUT2D eigenvalue weighted by atomic mass is 16.5. The number of nitrogens with zero attached hydrogens (tertiary/aromatic N) is 2. The normalized spacial score (nSPS) is 12.6. The van der Waals surface area contributed by atoms with Gasteiger partial charge in [0, 0.05) is 18.8 Å². The number of aryl methyl sites for hydroxylation is 1. The zero-order valence-electron chi connectivity index (χ0n) is 7.97. The van der Waals surface area contributed by atoms with E-state index in [1.807, 2.05) is 0 Å². The molecule has 1 unspecified atom stereocenters. The molecule has 0 fully saturated rings. The van der Waals surface area contributed by atoms with Crippen LogP contribution in [0.2, 0.25) is 0 Å². The van der Waals surface area contributed by atoms with Crippen LogP contribution in [-0.2, 0) is 11.8 Å². The molecule has 1 atom stereocenters. The van der Waals surface area contributed by atoms with Crippen LogP contribution in [-0.4, -0.2) is 39.7 Å². The molecule has 78 valence electrons. The monoisotopic (exact) mass is 200 g/mol. The Balaban J connectivity index is 3.08. The van der Waals surface area contributed by atoms with E-state index in [9.17, 15) is 9.90 Å². The van der Waals surface area contributed by atoms with Crippen LogP contribution in [0.4, 0.5) is 0 Å². The Kier molecular flexibility index (Phi) is 3.21. The first-order chi connectivity index (χ1) is 6.60. The van der Waals surface area contributed by atoms with Crippen LogP contribution in [0.15, 0.2) is 6.20 Å². The molecule has 0 aliphatic heterocycles. The van der Waals surface area contributed by atoms with E-state index in [4.69, 9.17) is 5.11 Å². The summed E-state index contributed by atoms with van der Waals surface area (Å²) in [5.74, 6) is -0.631. The third-order valence-electron chi connectivity index (χ3n) is 1.77. The highest BCUT2D eigenvalue weighted by Crippen LogP contribution is 2.16. The molecule has 0 aromatic carbocycles. The molecule has 6 nitrogen and oxygen atoms in total. The second-order valence-corrected chi connectivity index (χ2v) is 2.80. The number of aliphatic hydroxyl groups is 2. The maximum Gasteiger partial charge on any atom is 0.358 e. The topological polar surface area (TPSA) is 84.6 Å². The fourth-order valence-electron chi connectivity index (χ4n) is 1.10. The van der Waals surface area contributed by atoms with Crippen molar-refractivity contribution >= 4 is 5.97 Å². The van der Waals surface area contributed by atoms with Gasteiger partial charge in [0.15, 0.2) is 5.69 Å². The highest BCUT2D eigenvalue weighted by Gasteiger charge is 2.21. The van der Waals surface area contributed by atoms with Crippen molar-refractivity contribution < 1.29 is 19.7 Å². The second kappa shape index (κ2) is 4.21. The molecule has 0 aliphatic carbocycles. The molecule has 0 spiro atoms. The number of aliphatic hydroxyl groups excluding tert-OH is 2. The summed E-state index contributed by atoms with van der Waals surface area (Å²) in [5, 5.41) is 21.9. The van der Waals surface area contributed by atoms with Crippen molar-refractivity contribution in [1.29, 1.82) is 0 Å². The molecular formula is C8H12N2O4. The van der Waals surface area contributed by atoms with Crippen molar-refractivity contribution in [3.63, 3.8) is 0 Å². The first-order valence-corrected chi connectivity index (χ1v) is 4.01. The lowest BCUT2D eigenvalue weighted by atomic mass is 10.1. The molecule has 14 heavy (non-hydrogen) atoms. The van der Waals surface area contributed by atoms with E-state index in [1.165, 1.54) is 18.0 Å². The Bertz CT molecular complexity index is 334. The molecule has 0 saturated heterocycles. The van der Waals surface area contributed by atoms with Gasteiger partial charge in [-0.1, -0.05) is 0 Å². The van der Waals surface area contributed by atoms with Gasteiger partial charge in [0.05, 0.1) is 13.7 Å². The molecule has 1 aromatic rings. The van der Waals surface area contributed by atoms with Gasteiger partial charge in [-0.2, -0.15) is 5.10 Å². The van der Waals surface area contributed by atoms with Crippen molar-refractivity contribution in [3.05, 3.63) is 17.5 Å². The van der Waals surface area contributed by atoms with E-state index in [0.29, 0.717) is 0 Å². The van der Waals surface area contributed by atoms with Crippen LogP contribution >= 0.6 is 0 Å². The Morgan fingerprint density at radius 3 is 2.93 bits per heavy atom. The Morgan fingerprint density at radius 1 is 1.79 bits per heavy atom. The fraction of sp³-hybridized carbons (Fsp3) is 0.500. The zero-order valence-corrected chi connectivity index (χ0v) is 7.97. The zero-order chi connectivity index (χ0) is 10.7.